The summed E-state index contributed by atoms with van der Waals surface area (Å²) >= 11 is 16.4. The summed E-state index contributed by atoms with van der Waals surface area (Å²) in [5, 5.41) is 4.26. The highest BCUT2D eigenvalue weighted by Gasteiger charge is 2.03. The van der Waals surface area contributed by atoms with Crippen molar-refractivity contribution in [3.8, 4) is 0 Å². The molecule has 2 nitrogen and oxygen atoms in total. The minimum Gasteiger partial charge on any atom is -0.228 e. The van der Waals surface area contributed by atoms with Crippen LogP contribution in [0.15, 0.2) is 29.3 Å². The summed E-state index contributed by atoms with van der Waals surface area (Å²) in [4.78, 5) is 8.00. The first-order valence-electron chi connectivity index (χ1n) is 4.04. The fourth-order valence-corrected chi connectivity index (χ4v) is 1.77. The van der Waals surface area contributed by atoms with E-state index in [0.29, 0.717) is 21.4 Å². The maximum atomic E-state index is 6.05. The molecule has 0 saturated carbocycles. The van der Waals surface area contributed by atoms with Gasteiger partial charge >= 0.3 is 0 Å². The van der Waals surface area contributed by atoms with Crippen molar-refractivity contribution in [3.05, 3.63) is 34.3 Å². The molecule has 0 bridgehead atoms. The first kappa shape index (κ1) is 10.5. The highest BCUT2D eigenvalue weighted by atomic mass is 35.5. The van der Waals surface area contributed by atoms with E-state index in [1.165, 1.54) is 0 Å². The van der Waals surface area contributed by atoms with Crippen molar-refractivity contribution in [2.45, 2.75) is 0 Å². The van der Waals surface area contributed by atoms with Crippen molar-refractivity contribution in [2.75, 3.05) is 0 Å². The quantitative estimate of drug-likeness (QED) is 0.561. The molecule has 1 aromatic carbocycles. The Bertz CT molecular complexity index is 577. The fraction of sp³-hybridized carbons (Fsp3) is 0. The molecule has 0 N–H and O–H groups in total. The smallest absolute Gasteiger partial charge is 0.164 e. The molecule has 2 rings (SSSR count). The molecule has 2 aromatic rings. The van der Waals surface area contributed by atoms with Gasteiger partial charge in [0.2, 0.25) is 0 Å². The van der Waals surface area contributed by atoms with Gasteiger partial charge in [0, 0.05) is 16.5 Å². The van der Waals surface area contributed by atoms with E-state index in [-0.39, 0.29) is 0 Å². The van der Waals surface area contributed by atoms with E-state index in [9.17, 15) is 0 Å². The molecule has 0 aliphatic rings. The summed E-state index contributed by atoms with van der Waals surface area (Å²) in [6, 6.07) is 6.94. The number of hydrogen-bond acceptors (Lipinski definition) is 3. The van der Waals surface area contributed by atoms with Crippen molar-refractivity contribution in [1.29, 1.82) is 0 Å². The van der Waals surface area contributed by atoms with Gasteiger partial charge in [0.25, 0.3) is 0 Å². The lowest BCUT2D eigenvalue weighted by Gasteiger charge is -2.01. The Kier molecular flexibility index (Phi) is 2.98. The number of aromatic nitrogens is 1. The predicted octanol–water partition coefficient (Wildman–Crippen LogP) is 4.28. The third kappa shape index (κ3) is 2.16. The fourth-order valence-electron chi connectivity index (χ4n) is 1.25. The van der Waals surface area contributed by atoms with Crippen LogP contribution in [0.3, 0.4) is 0 Å². The number of thiocarbonyl (C=S) groups is 1. The molecule has 0 aliphatic carbocycles. The Balaban J connectivity index is 2.78. The number of pyridine rings is 1. The minimum absolute atomic E-state index is 0.435. The number of benzene rings is 1. The van der Waals surface area contributed by atoms with Crippen LogP contribution < -0.4 is 0 Å². The van der Waals surface area contributed by atoms with Crippen molar-refractivity contribution in [1.82, 2.24) is 4.98 Å². The SMILES string of the molecule is S=C=Nc1cc(Cl)c2ccc(Cl)cc2n1. The van der Waals surface area contributed by atoms with E-state index in [1.807, 2.05) is 6.07 Å². The van der Waals surface area contributed by atoms with Crippen molar-refractivity contribution in [3.63, 3.8) is 0 Å². The maximum absolute atomic E-state index is 6.05. The Hall–Kier alpha value is -0.990. The zero-order chi connectivity index (χ0) is 10.8. The van der Waals surface area contributed by atoms with E-state index in [0.717, 1.165) is 5.39 Å². The van der Waals surface area contributed by atoms with Crippen molar-refractivity contribution >= 4 is 57.3 Å². The van der Waals surface area contributed by atoms with Gasteiger partial charge in [0.15, 0.2) is 5.82 Å². The van der Waals surface area contributed by atoms with Crippen LogP contribution in [-0.4, -0.2) is 10.1 Å². The lowest BCUT2D eigenvalue weighted by Crippen LogP contribution is -1.80. The van der Waals surface area contributed by atoms with Gasteiger partial charge in [-0.1, -0.05) is 23.2 Å². The average Bonchev–Trinajstić information content (AvgIpc) is 2.17. The van der Waals surface area contributed by atoms with E-state index in [1.54, 1.807) is 18.2 Å². The molecule has 0 aliphatic heterocycles. The third-order valence-electron chi connectivity index (χ3n) is 1.87. The van der Waals surface area contributed by atoms with Gasteiger partial charge < -0.3 is 0 Å². The second-order valence-corrected chi connectivity index (χ2v) is 3.85. The van der Waals surface area contributed by atoms with Gasteiger partial charge in [0.1, 0.15) is 0 Å². The van der Waals surface area contributed by atoms with Gasteiger partial charge in [-0.3, -0.25) is 0 Å². The summed E-state index contributed by atoms with van der Waals surface area (Å²) in [5.41, 5.74) is 0.694. The molecule has 0 atom stereocenters. The minimum atomic E-state index is 0.435. The molecule has 0 amide bonds. The largest absolute Gasteiger partial charge is 0.228 e. The van der Waals surface area contributed by atoms with E-state index >= 15 is 0 Å². The summed E-state index contributed by atoms with van der Waals surface area (Å²) in [6.45, 7) is 0. The first-order valence-corrected chi connectivity index (χ1v) is 5.21. The maximum Gasteiger partial charge on any atom is 0.164 e. The average molecular weight is 255 g/mol. The van der Waals surface area contributed by atoms with E-state index < -0.39 is 0 Å². The van der Waals surface area contributed by atoms with Crippen molar-refractivity contribution in [2.24, 2.45) is 4.99 Å². The Morgan fingerprint density at radius 1 is 1.27 bits per heavy atom. The van der Waals surface area contributed by atoms with E-state index in [4.69, 9.17) is 23.2 Å². The lowest BCUT2D eigenvalue weighted by molar-refractivity contribution is 1.34. The van der Waals surface area contributed by atoms with Gasteiger partial charge in [-0.05, 0) is 30.4 Å². The number of nitrogens with zero attached hydrogens (tertiary/aromatic N) is 2. The number of hydrogen-bond donors (Lipinski definition) is 0. The van der Waals surface area contributed by atoms with Gasteiger partial charge in [-0.25, -0.2) is 4.98 Å². The van der Waals surface area contributed by atoms with Crippen LogP contribution in [0.4, 0.5) is 5.82 Å². The molecule has 1 heterocycles. The highest BCUT2D eigenvalue weighted by Crippen LogP contribution is 2.28. The Labute approximate surface area is 102 Å². The third-order valence-corrected chi connectivity index (χ3v) is 2.51. The van der Waals surface area contributed by atoms with Crippen LogP contribution in [-0.2, 0) is 0 Å². The van der Waals surface area contributed by atoms with Crippen LogP contribution in [0.2, 0.25) is 10.0 Å². The highest BCUT2D eigenvalue weighted by molar-refractivity contribution is 7.78. The van der Waals surface area contributed by atoms with Gasteiger partial charge in [-0.15, -0.1) is 0 Å². The monoisotopic (exact) mass is 254 g/mol. The second kappa shape index (κ2) is 4.25. The summed E-state index contributed by atoms with van der Waals surface area (Å²) in [6.07, 6.45) is 0. The second-order valence-electron chi connectivity index (χ2n) is 2.83. The number of isothiocyanates is 1. The molecular weight excluding hydrogens is 251 g/mol. The number of halogens is 2. The predicted molar refractivity (Wildman–Crippen MR) is 66.4 cm³/mol. The number of aliphatic imine (C=N–C) groups is 1. The normalized spacial score (nSPS) is 10.0. The standard InChI is InChI=1S/C10H4Cl2N2S/c11-6-1-2-7-8(12)4-10(13-5-15)14-9(7)3-6/h1-4H. The van der Waals surface area contributed by atoms with E-state index in [2.05, 4.69) is 27.4 Å². The number of rotatable bonds is 1. The summed E-state index contributed by atoms with van der Waals surface area (Å²) in [5.74, 6) is 0.435. The van der Waals surface area contributed by atoms with Crippen LogP contribution >= 0.6 is 35.4 Å². The molecule has 5 heteroatoms. The van der Waals surface area contributed by atoms with Crippen molar-refractivity contribution < 1.29 is 0 Å². The molecule has 74 valence electrons. The summed E-state index contributed by atoms with van der Waals surface area (Å²) < 4.78 is 0. The van der Waals surface area contributed by atoms with Crippen LogP contribution in [0.1, 0.15) is 0 Å². The Morgan fingerprint density at radius 2 is 2.07 bits per heavy atom. The molecule has 0 spiro atoms. The molecule has 0 saturated heterocycles. The lowest BCUT2D eigenvalue weighted by atomic mass is 10.2. The van der Waals surface area contributed by atoms with Crippen LogP contribution in [0.5, 0.6) is 0 Å². The number of fused-ring (bicyclic) bond motifs is 1. The van der Waals surface area contributed by atoms with Crippen LogP contribution in [0, 0.1) is 0 Å². The molecule has 15 heavy (non-hydrogen) atoms. The molecule has 0 fully saturated rings. The molecule has 1 aromatic heterocycles. The molecule has 0 radical (unpaired) electrons. The molecule has 0 unspecified atom stereocenters. The van der Waals surface area contributed by atoms with Gasteiger partial charge in [-0.2, -0.15) is 4.99 Å². The Morgan fingerprint density at radius 3 is 2.80 bits per heavy atom. The zero-order valence-electron chi connectivity index (χ0n) is 7.37. The topological polar surface area (TPSA) is 25.2 Å². The first-order chi connectivity index (χ1) is 7.20. The van der Waals surface area contributed by atoms with Crippen LogP contribution in [0.25, 0.3) is 10.9 Å². The zero-order valence-corrected chi connectivity index (χ0v) is 9.70. The summed E-state index contributed by atoms with van der Waals surface area (Å²) in [7, 11) is 0. The van der Waals surface area contributed by atoms with Gasteiger partial charge in [0.05, 0.1) is 15.7 Å². The molecular formula is C10H4Cl2N2S.